The predicted octanol–water partition coefficient (Wildman–Crippen LogP) is 6.00. The summed E-state index contributed by atoms with van der Waals surface area (Å²) in [5.41, 5.74) is 5.86. The number of nitrogens with zero attached hydrogens (tertiary/aromatic N) is 3. The van der Waals surface area contributed by atoms with Crippen molar-refractivity contribution < 1.29 is 14.3 Å². The standard InChI is InChI=1S/C33H32N4O3S/c1-3-28(40-33(39)30-23-11-7-8-12-26(23)35-27-15-16-37(2)19-25(27)30)31(38)36-32-24(18-34)22-14-13-21(17-29(22)41-32)20-9-5-4-6-10-20/h4-12,21,28H,3,13-17,19H2,1-2H3,(H,36,38). The molecule has 208 valence electrons. The van der Waals surface area contributed by atoms with Crippen LogP contribution in [-0.2, 0) is 35.3 Å². The summed E-state index contributed by atoms with van der Waals surface area (Å²) in [5.74, 6) is -0.546. The van der Waals surface area contributed by atoms with Gasteiger partial charge in [-0.25, -0.2) is 4.79 Å². The molecule has 3 heterocycles. The summed E-state index contributed by atoms with van der Waals surface area (Å²) < 4.78 is 5.90. The van der Waals surface area contributed by atoms with E-state index in [0.717, 1.165) is 64.8 Å². The Balaban J connectivity index is 1.24. The van der Waals surface area contributed by atoms with Gasteiger partial charge in [0.1, 0.15) is 11.1 Å². The summed E-state index contributed by atoms with van der Waals surface area (Å²) in [5, 5.41) is 14.2. The number of hydrogen-bond acceptors (Lipinski definition) is 7. The zero-order valence-corrected chi connectivity index (χ0v) is 24.1. The molecule has 41 heavy (non-hydrogen) atoms. The van der Waals surface area contributed by atoms with Crippen LogP contribution in [0.25, 0.3) is 10.9 Å². The molecule has 0 fully saturated rings. The van der Waals surface area contributed by atoms with Crippen molar-refractivity contribution in [2.75, 3.05) is 18.9 Å². The van der Waals surface area contributed by atoms with Gasteiger partial charge in [0.25, 0.3) is 5.91 Å². The molecule has 2 atom stereocenters. The van der Waals surface area contributed by atoms with E-state index in [1.807, 2.05) is 44.3 Å². The van der Waals surface area contributed by atoms with Gasteiger partial charge >= 0.3 is 5.97 Å². The molecule has 0 bridgehead atoms. The van der Waals surface area contributed by atoms with Crippen molar-refractivity contribution in [3.63, 3.8) is 0 Å². The van der Waals surface area contributed by atoms with E-state index in [2.05, 4.69) is 40.6 Å². The number of pyridine rings is 1. The third kappa shape index (κ3) is 5.23. The molecule has 1 aliphatic heterocycles. The van der Waals surface area contributed by atoms with Crippen LogP contribution in [0.3, 0.4) is 0 Å². The number of likely N-dealkylation sites (N-methyl/N-ethyl adjacent to an activating group) is 1. The summed E-state index contributed by atoms with van der Waals surface area (Å²) in [6, 6.07) is 20.3. The molecular weight excluding hydrogens is 532 g/mol. The fourth-order valence-electron chi connectivity index (χ4n) is 6.06. The molecule has 1 amide bonds. The van der Waals surface area contributed by atoms with Crippen molar-refractivity contribution in [2.45, 2.75) is 57.6 Å². The highest BCUT2D eigenvalue weighted by Gasteiger charge is 2.31. The highest BCUT2D eigenvalue weighted by atomic mass is 32.1. The zero-order valence-electron chi connectivity index (χ0n) is 23.3. The Morgan fingerprint density at radius 1 is 1.15 bits per heavy atom. The van der Waals surface area contributed by atoms with Crippen LogP contribution in [0, 0.1) is 11.3 Å². The Hall–Kier alpha value is -4.06. The summed E-state index contributed by atoms with van der Waals surface area (Å²) in [6.45, 7) is 3.28. The molecule has 2 aromatic heterocycles. The molecule has 2 aliphatic rings. The maximum absolute atomic E-state index is 13.7. The minimum atomic E-state index is -0.992. The lowest BCUT2D eigenvalue weighted by atomic mass is 9.83. The van der Waals surface area contributed by atoms with Crippen LogP contribution in [0.15, 0.2) is 54.6 Å². The Kier molecular flexibility index (Phi) is 7.57. The number of fused-ring (bicyclic) bond motifs is 3. The fraction of sp³-hybridized carbons (Fsp3) is 0.333. The summed E-state index contributed by atoms with van der Waals surface area (Å²) in [4.78, 5) is 35.3. The molecule has 6 rings (SSSR count). The summed E-state index contributed by atoms with van der Waals surface area (Å²) in [7, 11) is 2.02. The number of ether oxygens (including phenoxy) is 1. The molecule has 8 heteroatoms. The molecule has 1 aliphatic carbocycles. The highest BCUT2D eigenvalue weighted by Crippen LogP contribution is 2.42. The van der Waals surface area contributed by atoms with Crippen molar-refractivity contribution >= 4 is 39.1 Å². The first-order valence-electron chi connectivity index (χ1n) is 14.2. The van der Waals surface area contributed by atoms with Crippen LogP contribution in [0.5, 0.6) is 0 Å². The smallest absolute Gasteiger partial charge is 0.340 e. The third-order valence-corrected chi connectivity index (χ3v) is 9.41. The molecule has 2 unspecified atom stereocenters. The largest absolute Gasteiger partial charge is 0.449 e. The van der Waals surface area contributed by atoms with E-state index < -0.39 is 18.0 Å². The second-order valence-corrected chi connectivity index (χ2v) is 12.0. The molecule has 2 aromatic carbocycles. The van der Waals surface area contributed by atoms with Gasteiger partial charge in [0.05, 0.1) is 16.6 Å². The number of nitrogens with one attached hydrogen (secondary N) is 1. The van der Waals surface area contributed by atoms with Crippen LogP contribution in [0.2, 0.25) is 0 Å². The van der Waals surface area contributed by atoms with Crippen molar-refractivity contribution in [3.05, 3.63) is 93.0 Å². The van der Waals surface area contributed by atoms with Crippen LogP contribution in [-0.4, -0.2) is 41.5 Å². The lowest BCUT2D eigenvalue weighted by Gasteiger charge is -2.27. The molecule has 4 aromatic rings. The SMILES string of the molecule is CCC(OC(=O)c1c2c(nc3ccccc13)CCN(C)C2)C(=O)Nc1sc2c(c1C#N)CCC(c1ccccc1)C2. The van der Waals surface area contributed by atoms with E-state index in [0.29, 0.717) is 35.0 Å². The average molecular weight is 565 g/mol. The van der Waals surface area contributed by atoms with Crippen molar-refractivity contribution in [1.29, 1.82) is 5.26 Å². The number of aromatic nitrogens is 1. The minimum Gasteiger partial charge on any atom is -0.449 e. The molecular formula is C33H32N4O3S. The topological polar surface area (TPSA) is 95.3 Å². The Bertz CT molecular complexity index is 1670. The predicted molar refractivity (Wildman–Crippen MR) is 160 cm³/mol. The monoisotopic (exact) mass is 564 g/mol. The molecule has 0 saturated heterocycles. The van der Waals surface area contributed by atoms with Crippen molar-refractivity contribution in [3.8, 4) is 6.07 Å². The Morgan fingerprint density at radius 2 is 1.93 bits per heavy atom. The average Bonchev–Trinajstić information content (AvgIpc) is 3.34. The van der Waals surface area contributed by atoms with Crippen LogP contribution >= 0.6 is 11.3 Å². The van der Waals surface area contributed by atoms with Crippen LogP contribution < -0.4 is 5.32 Å². The maximum Gasteiger partial charge on any atom is 0.340 e. The third-order valence-electron chi connectivity index (χ3n) is 8.24. The Morgan fingerprint density at radius 3 is 2.71 bits per heavy atom. The molecule has 0 spiro atoms. The van der Waals surface area contributed by atoms with E-state index >= 15 is 0 Å². The lowest BCUT2D eigenvalue weighted by Crippen LogP contribution is -2.34. The van der Waals surface area contributed by atoms with Crippen molar-refractivity contribution in [2.24, 2.45) is 0 Å². The number of thiophene rings is 1. The number of para-hydroxylation sites is 1. The lowest BCUT2D eigenvalue weighted by molar-refractivity contribution is -0.124. The van der Waals surface area contributed by atoms with Gasteiger partial charge in [0, 0.05) is 41.0 Å². The normalized spacial score (nSPS) is 17.2. The van der Waals surface area contributed by atoms with E-state index in [4.69, 9.17) is 9.72 Å². The Labute approximate surface area is 243 Å². The van der Waals surface area contributed by atoms with Crippen LogP contribution in [0.1, 0.15) is 68.9 Å². The number of carbonyl (C=O) groups is 2. The second-order valence-electron chi connectivity index (χ2n) is 10.9. The number of carbonyl (C=O) groups excluding carboxylic acids is 2. The molecule has 7 nitrogen and oxygen atoms in total. The summed E-state index contributed by atoms with van der Waals surface area (Å²) in [6.07, 6.45) is 2.67. The van der Waals surface area contributed by atoms with E-state index in [9.17, 15) is 14.9 Å². The minimum absolute atomic E-state index is 0.311. The van der Waals surface area contributed by atoms with Gasteiger partial charge in [-0.3, -0.25) is 9.78 Å². The van der Waals surface area contributed by atoms with E-state index in [1.165, 1.54) is 16.9 Å². The van der Waals surface area contributed by atoms with E-state index in [1.54, 1.807) is 0 Å². The quantitative estimate of drug-likeness (QED) is 0.289. The zero-order chi connectivity index (χ0) is 28.5. The first-order chi connectivity index (χ1) is 20.0. The second kappa shape index (κ2) is 11.4. The van der Waals surface area contributed by atoms with Gasteiger partial charge in [-0.05, 0) is 55.8 Å². The van der Waals surface area contributed by atoms with Crippen LogP contribution in [0.4, 0.5) is 5.00 Å². The fourth-order valence-corrected chi connectivity index (χ4v) is 7.34. The number of esters is 1. The number of anilines is 1. The summed E-state index contributed by atoms with van der Waals surface area (Å²) >= 11 is 1.47. The molecule has 0 radical (unpaired) electrons. The van der Waals surface area contributed by atoms with Gasteiger partial charge in [0.15, 0.2) is 6.10 Å². The van der Waals surface area contributed by atoms with Gasteiger partial charge < -0.3 is 15.0 Å². The molecule has 0 saturated carbocycles. The number of nitriles is 1. The van der Waals surface area contributed by atoms with Gasteiger partial charge in [-0.1, -0.05) is 55.5 Å². The number of benzene rings is 2. The number of hydrogen-bond donors (Lipinski definition) is 1. The van der Waals surface area contributed by atoms with Gasteiger partial charge in [-0.15, -0.1) is 11.3 Å². The number of amides is 1. The van der Waals surface area contributed by atoms with Crippen molar-refractivity contribution in [1.82, 2.24) is 9.88 Å². The maximum atomic E-state index is 13.7. The first-order valence-corrected chi connectivity index (χ1v) is 15.0. The van der Waals surface area contributed by atoms with E-state index in [-0.39, 0.29) is 0 Å². The van der Waals surface area contributed by atoms with Gasteiger partial charge in [0.2, 0.25) is 0 Å². The van der Waals surface area contributed by atoms with Gasteiger partial charge in [-0.2, -0.15) is 5.26 Å². The molecule has 1 N–H and O–H groups in total. The number of rotatable bonds is 6. The first kappa shape index (κ1) is 27.1. The highest BCUT2D eigenvalue weighted by molar-refractivity contribution is 7.16.